The molecule has 1 N–H and O–H groups in total. The molecule has 0 aliphatic rings. The summed E-state index contributed by atoms with van der Waals surface area (Å²) in [6, 6.07) is 7.66. The van der Waals surface area contributed by atoms with Crippen LogP contribution in [0.1, 0.15) is 20.8 Å². The maximum atomic E-state index is 11.9. The second kappa shape index (κ2) is 5.18. The average Bonchev–Trinajstić information content (AvgIpc) is 2.39. The van der Waals surface area contributed by atoms with Gasteiger partial charge in [-0.3, -0.25) is 4.79 Å². The number of nitrogens with one attached hydrogen (secondary N) is 1. The fourth-order valence-electron chi connectivity index (χ4n) is 1.54. The Kier molecular flexibility index (Phi) is 3.60. The highest BCUT2D eigenvalue weighted by Crippen LogP contribution is 2.23. The molecule has 0 aliphatic carbocycles. The van der Waals surface area contributed by atoms with Crippen LogP contribution in [0.3, 0.4) is 0 Å². The molecule has 19 heavy (non-hydrogen) atoms. The Labute approximate surface area is 112 Å². The summed E-state index contributed by atoms with van der Waals surface area (Å²) in [6.45, 7) is 5.66. The molecule has 4 heteroatoms. The fourth-order valence-corrected chi connectivity index (χ4v) is 1.54. The molecule has 0 saturated carbocycles. The Morgan fingerprint density at radius 1 is 1.11 bits per heavy atom. The van der Waals surface area contributed by atoms with Crippen LogP contribution in [0.25, 0.3) is 11.1 Å². The van der Waals surface area contributed by atoms with Crippen molar-refractivity contribution in [3.05, 3.63) is 43.0 Å². The molecule has 0 radical (unpaired) electrons. The van der Waals surface area contributed by atoms with Gasteiger partial charge in [-0.2, -0.15) is 0 Å². The largest absolute Gasteiger partial charge is 0.326 e. The highest BCUT2D eigenvalue weighted by molar-refractivity contribution is 5.95. The van der Waals surface area contributed by atoms with E-state index in [1.807, 2.05) is 45.0 Å². The smallest absolute Gasteiger partial charge is 0.229 e. The van der Waals surface area contributed by atoms with Gasteiger partial charge in [-0.05, 0) is 17.7 Å². The first-order valence-corrected chi connectivity index (χ1v) is 6.14. The van der Waals surface area contributed by atoms with Gasteiger partial charge in [-0.25, -0.2) is 9.97 Å². The molecule has 0 aliphatic heterocycles. The van der Waals surface area contributed by atoms with Crippen LogP contribution in [0, 0.1) is 5.41 Å². The molecule has 0 fully saturated rings. The van der Waals surface area contributed by atoms with Gasteiger partial charge in [0.1, 0.15) is 6.33 Å². The molecule has 1 aromatic heterocycles. The van der Waals surface area contributed by atoms with Crippen LogP contribution >= 0.6 is 0 Å². The van der Waals surface area contributed by atoms with Crippen molar-refractivity contribution >= 4 is 11.6 Å². The Bertz CT molecular complexity index is 573. The second-order valence-corrected chi connectivity index (χ2v) is 5.41. The van der Waals surface area contributed by atoms with Gasteiger partial charge in [0.05, 0.1) is 0 Å². The Hall–Kier alpha value is -2.23. The van der Waals surface area contributed by atoms with Gasteiger partial charge in [0.15, 0.2) is 0 Å². The quantitative estimate of drug-likeness (QED) is 0.897. The van der Waals surface area contributed by atoms with Crippen LogP contribution < -0.4 is 5.32 Å². The molecule has 1 amide bonds. The lowest BCUT2D eigenvalue weighted by molar-refractivity contribution is -0.123. The number of amides is 1. The molecule has 4 nitrogen and oxygen atoms in total. The van der Waals surface area contributed by atoms with E-state index in [1.165, 1.54) is 6.33 Å². The minimum absolute atomic E-state index is 0.00559. The van der Waals surface area contributed by atoms with Crippen molar-refractivity contribution in [3.8, 4) is 11.1 Å². The van der Waals surface area contributed by atoms with Crippen molar-refractivity contribution in [2.45, 2.75) is 20.8 Å². The first-order chi connectivity index (χ1) is 8.97. The van der Waals surface area contributed by atoms with E-state index >= 15 is 0 Å². The third-order valence-electron chi connectivity index (χ3n) is 2.70. The number of aromatic nitrogens is 2. The van der Waals surface area contributed by atoms with Gasteiger partial charge >= 0.3 is 0 Å². The van der Waals surface area contributed by atoms with Crippen LogP contribution in [-0.2, 0) is 4.79 Å². The number of nitrogens with zero attached hydrogens (tertiary/aromatic N) is 2. The maximum absolute atomic E-state index is 11.9. The molecule has 0 unspecified atom stereocenters. The van der Waals surface area contributed by atoms with Crippen LogP contribution in [0.4, 0.5) is 5.69 Å². The molecule has 1 aromatic carbocycles. The zero-order valence-corrected chi connectivity index (χ0v) is 11.3. The van der Waals surface area contributed by atoms with Crippen molar-refractivity contribution in [1.29, 1.82) is 0 Å². The Morgan fingerprint density at radius 3 is 2.42 bits per heavy atom. The highest BCUT2D eigenvalue weighted by Gasteiger charge is 2.21. The van der Waals surface area contributed by atoms with E-state index in [2.05, 4.69) is 15.3 Å². The van der Waals surface area contributed by atoms with Gasteiger partial charge in [-0.15, -0.1) is 0 Å². The van der Waals surface area contributed by atoms with E-state index < -0.39 is 5.41 Å². The molecule has 0 atom stereocenters. The monoisotopic (exact) mass is 255 g/mol. The zero-order valence-electron chi connectivity index (χ0n) is 11.3. The van der Waals surface area contributed by atoms with Crippen molar-refractivity contribution in [3.63, 3.8) is 0 Å². The third-order valence-corrected chi connectivity index (χ3v) is 2.70. The topological polar surface area (TPSA) is 54.9 Å². The number of carbonyl (C=O) groups excluding carboxylic acids is 1. The molecule has 2 aromatic rings. The summed E-state index contributed by atoms with van der Waals surface area (Å²) in [5, 5.41) is 2.91. The first kappa shape index (κ1) is 13.2. The number of hydrogen-bond acceptors (Lipinski definition) is 3. The summed E-state index contributed by atoms with van der Waals surface area (Å²) >= 11 is 0. The third kappa shape index (κ3) is 3.37. The van der Waals surface area contributed by atoms with Crippen molar-refractivity contribution < 1.29 is 4.79 Å². The maximum Gasteiger partial charge on any atom is 0.229 e. The van der Waals surface area contributed by atoms with Gasteiger partial charge in [0.25, 0.3) is 0 Å². The van der Waals surface area contributed by atoms with Crippen LogP contribution in [0.2, 0.25) is 0 Å². The summed E-state index contributed by atoms with van der Waals surface area (Å²) in [5.41, 5.74) is 2.27. The molecule has 0 saturated heterocycles. The minimum Gasteiger partial charge on any atom is -0.326 e. The molecule has 0 spiro atoms. The van der Waals surface area contributed by atoms with Crippen molar-refractivity contribution in [1.82, 2.24) is 9.97 Å². The predicted octanol–water partition coefficient (Wildman–Crippen LogP) is 3.13. The first-order valence-electron chi connectivity index (χ1n) is 6.14. The molecule has 98 valence electrons. The Morgan fingerprint density at radius 2 is 1.79 bits per heavy atom. The lowest BCUT2D eigenvalue weighted by Crippen LogP contribution is -2.27. The van der Waals surface area contributed by atoms with Crippen LogP contribution in [0.15, 0.2) is 43.0 Å². The van der Waals surface area contributed by atoms with Gasteiger partial charge in [-0.1, -0.05) is 32.9 Å². The van der Waals surface area contributed by atoms with Crippen LogP contribution in [-0.4, -0.2) is 15.9 Å². The molecule has 2 rings (SSSR count). The van der Waals surface area contributed by atoms with E-state index in [0.29, 0.717) is 0 Å². The summed E-state index contributed by atoms with van der Waals surface area (Å²) in [5.74, 6) is -0.00559. The van der Waals surface area contributed by atoms with E-state index in [1.54, 1.807) is 12.4 Å². The number of carbonyl (C=O) groups is 1. The number of anilines is 1. The predicted molar refractivity (Wildman–Crippen MR) is 75.6 cm³/mol. The second-order valence-electron chi connectivity index (χ2n) is 5.41. The SMILES string of the molecule is CC(C)(C)C(=O)Nc1cccc(-c2cncnc2)c1. The Balaban J connectivity index is 2.24. The fraction of sp³-hybridized carbons (Fsp3) is 0.267. The lowest BCUT2D eigenvalue weighted by Gasteiger charge is -2.18. The number of rotatable bonds is 2. The standard InChI is InChI=1S/C15H17N3O/c1-15(2,3)14(19)18-13-6-4-5-11(7-13)12-8-16-10-17-9-12/h4-10H,1-3H3,(H,18,19). The molecular formula is C15H17N3O. The van der Waals surface area contributed by atoms with E-state index in [9.17, 15) is 4.79 Å². The summed E-state index contributed by atoms with van der Waals surface area (Å²) in [6.07, 6.45) is 4.99. The minimum atomic E-state index is -0.411. The van der Waals surface area contributed by atoms with Crippen LogP contribution in [0.5, 0.6) is 0 Å². The van der Waals surface area contributed by atoms with Crippen molar-refractivity contribution in [2.24, 2.45) is 5.41 Å². The highest BCUT2D eigenvalue weighted by atomic mass is 16.2. The normalized spacial score (nSPS) is 11.1. The van der Waals surface area contributed by atoms with E-state index in [0.717, 1.165) is 16.8 Å². The number of benzene rings is 1. The zero-order chi connectivity index (χ0) is 13.9. The van der Waals surface area contributed by atoms with E-state index in [4.69, 9.17) is 0 Å². The van der Waals surface area contributed by atoms with Crippen molar-refractivity contribution in [2.75, 3.05) is 5.32 Å². The molecule has 0 bridgehead atoms. The number of hydrogen-bond donors (Lipinski definition) is 1. The lowest BCUT2D eigenvalue weighted by atomic mass is 9.95. The van der Waals surface area contributed by atoms with E-state index in [-0.39, 0.29) is 5.91 Å². The summed E-state index contributed by atoms with van der Waals surface area (Å²) in [7, 11) is 0. The summed E-state index contributed by atoms with van der Waals surface area (Å²) < 4.78 is 0. The van der Waals surface area contributed by atoms with Gasteiger partial charge in [0, 0.05) is 29.1 Å². The van der Waals surface area contributed by atoms with Gasteiger partial charge in [0.2, 0.25) is 5.91 Å². The average molecular weight is 255 g/mol. The summed E-state index contributed by atoms with van der Waals surface area (Å²) in [4.78, 5) is 19.9. The molecule has 1 heterocycles. The van der Waals surface area contributed by atoms with Gasteiger partial charge < -0.3 is 5.32 Å². The molecular weight excluding hydrogens is 238 g/mol.